The van der Waals surface area contributed by atoms with Crippen LogP contribution in [0, 0.1) is 5.41 Å². The fraction of sp³-hybridized carbons (Fsp3) is 0.176. The largest absolute Gasteiger partial charge is 0.480 e. The van der Waals surface area contributed by atoms with Crippen LogP contribution >= 0.6 is 0 Å². The number of hydrogen-bond acceptors (Lipinski definition) is 3. The molecule has 0 fully saturated rings. The van der Waals surface area contributed by atoms with Gasteiger partial charge in [-0.25, -0.2) is 4.79 Å². The average Bonchev–Trinajstić information content (AvgIpc) is 2.53. The van der Waals surface area contributed by atoms with E-state index in [9.17, 15) is 9.90 Å². The average molecular weight is 297 g/mol. The van der Waals surface area contributed by atoms with Crippen LogP contribution in [0.25, 0.3) is 0 Å². The van der Waals surface area contributed by atoms with Crippen LogP contribution in [0.15, 0.2) is 54.6 Å². The van der Waals surface area contributed by atoms with Crippen molar-refractivity contribution in [3.63, 3.8) is 0 Å². The van der Waals surface area contributed by atoms with Crippen LogP contribution in [0.3, 0.4) is 0 Å². The van der Waals surface area contributed by atoms with Gasteiger partial charge in [0.25, 0.3) is 0 Å². The minimum absolute atomic E-state index is 0.0369. The second-order valence-corrected chi connectivity index (χ2v) is 5.12. The topological polar surface area (TPSA) is 90.4 Å². The van der Waals surface area contributed by atoms with Gasteiger partial charge in [-0.1, -0.05) is 42.5 Å². The molecule has 0 bridgehead atoms. The van der Waals surface area contributed by atoms with Crippen molar-refractivity contribution in [1.29, 1.82) is 5.41 Å². The first-order valence-electron chi connectivity index (χ1n) is 6.93. The summed E-state index contributed by atoms with van der Waals surface area (Å²) in [5, 5.41) is 17.0. The number of nitrogens with two attached hydrogens (primary N) is 1. The lowest BCUT2D eigenvalue weighted by molar-refractivity contribution is -0.138. The number of carboxylic acids is 1. The predicted octanol–water partition coefficient (Wildman–Crippen LogP) is 2.10. The number of amidine groups is 1. The number of likely N-dealkylation sites (N-methyl/N-ethyl adjacent to an activating group) is 1. The maximum Gasteiger partial charge on any atom is 0.326 e. The Balaban J connectivity index is 2.26. The molecule has 0 aliphatic carbocycles. The standard InChI is InChI=1S/C17H19N3O2/c1-20(14-9-5-8-13(11-14)16(18)19)15(17(21)22)10-12-6-3-2-4-7-12/h2-9,11,15H,10H2,1H3,(H3,18,19)(H,21,22)/t15-/m0/s1. The normalized spacial score (nSPS) is 11.7. The molecular formula is C17H19N3O2. The molecule has 0 unspecified atom stereocenters. The van der Waals surface area contributed by atoms with E-state index in [2.05, 4.69) is 0 Å². The molecule has 0 saturated carbocycles. The summed E-state index contributed by atoms with van der Waals surface area (Å²) in [6.07, 6.45) is 0.400. The van der Waals surface area contributed by atoms with E-state index in [4.69, 9.17) is 11.1 Å². The number of carboxylic acid groups (broad SMARTS) is 1. The van der Waals surface area contributed by atoms with E-state index in [1.807, 2.05) is 36.4 Å². The van der Waals surface area contributed by atoms with E-state index >= 15 is 0 Å². The molecule has 0 radical (unpaired) electrons. The number of carbonyl (C=O) groups is 1. The molecule has 0 spiro atoms. The summed E-state index contributed by atoms with van der Waals surface area (Å²) in [5.41, 5.74) is 7.75. The van der Waals surface area contributed by atoms with E-state index in [-0.39, 0.29) is 5.84 Å². The predicted molar refractivity (Wildman–Crippen MR) is 87.4 cm³/mol. The molecule has 2 aromatic rings. The van der Waals surface area contributed by atoms with Gasteiger partial charge in [-0.3, -0.25) is 5.41 Å². The van der Waals surface area contributed by atoms with Gasteiger partial charge < -0.3 is 15.7 Å². The van der Waals surface area contributed by atoms with Gasteiger partial charge in [0.05, 0.1) is 0 Å². The minimum atomic E-state index is -0.889. The SMILES string of the molecule is CN(c1cccc(C(=N)N)c1)[C@@H](Cc1ccccc1)C(=O)O. The van der Waals surface area contributed by atoms with Crippen molar-refractivity contribution < 1.29 is 9.90 Å². The zero-order chi connectivity index (χ0) is 16.1. The summed E-state index contributed by atoms with van der Waals surface area (Å²) in [4.78, 5) is 13.3. The van der Waals surface area contributed by atoms with Gasteiger partial charge in [0, 0.05) is 24.7 Å². The number of rotatable bonds is 6. The molecule has 0 aliphatic heterocycles. The van der Waals surface area contributed by atoms with Gasteiger partial charge in [-0.2, -0.15) is 0 Å². The van der Waals surface area contributed by atoms with Crippen LogP contribution in [0.4, 0.5) is 5.69 Å². The Kier molecular flexibility index (Phi) is 4.78. The van der Waals surface area contributed by atoms with Gasteiger partial charge in [0.2, 0.25) is 0 Å². The second kappa shape index (κ2) is 6.76. The number of nitrogens with one attached hydrogen (secondary N) is 1. The van der Waals surface area contributed by atoms with Crippen LogP contribution < -0.4 is 10.6 Å². The summed E-state index contributed by atoms with van der Waals surface area (Å²) in [6, 6.07) is 15.9. The molecule has 0 amide bonds. The molecule has 1 atom stereocenters. The highest BCUT2D eigenvalue weighted by atomic mass is 16.4. The van der Waals surface area contributed by atoms with Crippen molar-refractivity contribution >= 4 is 17.5 Å². The van der Waals surface area contributed by atoms with Crippen molar-refractivity contribution in [2.24, 2.45) is 5.73 Å². The van der Waals surface area contributed by atoms with Gasteiger partial charge in [0.1, 0.15) is 11.9 Å². The number of nitrogen functional groups attached to an aromatic ring is 1. The summed E-state index contributed by atoms with van der Waals surface area (Å²) in [5.74, 6) is -0.926. The summed E-state index contributed by atoms with van der Waals surface area (Å²) < 4.78 is 0. The Morgan fingerprint density at radius 1 is 1.23 bits per heavy atom. The molecule has 5 nitrogen and oxygen atoms in total. The summed E-state index contributed by atoms with van der Waals surface area (Å²) in [7, 11) is 1.74. The molecule has 0 aliphatic rings. The van der Waals surface area contributed by atoms with Crippen LogP contribution in [-0.4, -0.2) is 30.0 Å². The molecule has 2 aromatic carbocycles. The van der Waals surface area contributed by atoms with Crippen LogP contribution in [-0.2, 0) is 11.2 Å². The molecule has 114 valence electrons. The maximum atomic E-state index is 11.6. The van der Waals surface area contributed by atoms with Crippen molar-refractivity contribution in [3.8, 4) is 0 Å². The fourth-order valence-corrected chi connectivity index (χ4v) is 2.30. The first-order chi connectivity index (χ1) is 10.5. The first-order valence-corrected chi connectivity index (χ1v) is 6.93. The van der Waals surface area contributed by atoms with Crippen molar-refractivity contribution in [1.82, 2.24) is 0 Å². The lowest BCUT2D eigenvalue weighted by Crippen LogP contribution is -2.40. The number of hydrogen-bond donors (Lipinski definition) is 3. The molecule has 22 heavy (non-hydrogen) atoms. The Hall–Kier alpha value is -2.82. The van der Waals surface area contributed by atoms with E-state index in [1.165, 1.54) is 0 Å². The monoisotopic (exact) mass is 297 g/mol. The Morgan fingerprint density at radius 3 is 2.50 bits per heavy atom. The molecular weight excluding hydrogens is 278 g/mol. The molecule has 4 N–H and O–H groups in total. The van der Waals surface area contributed by atoms with Gasteiger partial charge >= 0.3 is 5.97 Å². The number of nitrogens with zero attached hydrogens (tertiary/aromatic N) is 1. The minimum Gasteiger partial charge on any atom is -0.480 e. The summed E-state index contributed by atoms with van der Waals surface area (Å²) in [6.45, 7) is 0. The lowest BCUT2D eigenvalue weighted by atomic mass is 10.0. The van der Waals surface area contributed by atoms with Gasteiger partial charge in [0.15, 0.2) is 0 Å². The van der Waals surface area contributed by atoms with Gasteiger partial charge in [-0.05, 0) is 17.7 Å². The van der Waals surface area contributed by atoms with Crippen LogP contribution in [0.1, 0.15) is 11.1 Å². The molecule has 0 aromatic heterocycles. The van der Waals surface area contributed by atoms with E-state index in [0.29, 0.717) is 12.0 Å². The van der Waals surface area contributed by atoms with Crippen LogP contribution in [0.5, 0.6) is 0 Å². The number of aliphatic carboxylic acids is 1. The maximum absolute atomic E-state index is 11.6. The Labute approximate surface area is 129 Å². The van der Waals surface area contributed by atoms with E-state index in [1.54, 1.807) is 30.1 Å². The van der Waals surface area contributed by atoms with E-state index < -0.39 is 12.0 Å². The summed E-state index contributed by atoms with van der Waals surface area (Å²) >= 11 is 0. The fourth-order valence-electron chi connectivity index (χ4n) is 2.30. The Bertz CT molecular complexity index is 671. The first kappa shape index (κ1) is 15.6. The third kappa shape index (κ3) is 3.63. The smallest absolute Gasteiger partial charge is 0.326 e. The van der Waals surface area contributed by atoms with Crippen molar-refractivity contribution in [2.45, 2.75) is 12.5 Å². The number of benzene rings is 2. The molecule has 0 saturated heterocycles. The van der Waals surface area contributed by atoms with Crippen LogP contribution in [0.2, 0.25) is 0 Å². The third-order valence-electron chi connectivity index (χ3n) is 3.59. The third-order valence-corrected chi connectivity index (χ3v) is 3.59. The Morgan fingerprint density at radius 2 is 1.91 bits per heavy atom. The zero-order valence-electron chi connectivity index (χ0n) is 12.4. The molecule has 0 heterocycles. The highest BCUT2D eigenvalue weighted by Crippen LogP contribution is 2.19. The molecule has 5 heteroatoms. The van der Waals surface area contributed by atoms with Crippen molar-refractivity contribution in [2.75, 3.05) is 11.9 Å². The van der Waals surface area contributed by atoms with Gasteiger partial charge in [-0.15, -0.1) is 0 Å². The number of anilines is 1. The second-order valence-electron chi connectivity index (χ2n) is 5.12. The van der Waals surface area contributed by atoms with E-state index in [0.717, 1.165) is 11.3 Å². The molecule has 2 rings (SSSR count). The quantitative estimate of drug-likeness (QED) is 0.562. The lowest BCUT2D eigenvalue weighted by Gasteiger charge is -2.27. The van der Waals surface area contributed by atoms with Crippen molar-refractivity contribution in [3.05, 3.63) is 65.7 Å². The zero-order valence-corrected chi connectivity index (χ0v) is 12.4. The highest BCUT2D eigenvalue weighted by Gasteiger charge is 2.23. The highest BCUT2D eigenvalue weighted by molar-refractivity contribution is 5.96.